The van der Waals surface area contributed by atoms with Gasteiger partial charge in [0, 0.05) is 16.6 Å². The second kappa shape index (κ2) is 7.85. The predicted molar refractivity (Wildman–Crippen MR) is 125 cm³/mol. The summed E-state index contributed by atoms with van der Waals surface area (Å²) in [6.45, 7) is 0. The summed E-state index contributed by atoms with van der Waals surface area (Å²) < 4.78 is 18.2. The Kier molecular flexibility index (Phi) is 5.18. The molecule has 0 spiro atoms. The van der Waals surface area contributed by atoms with Crippen LogP contribution in [0.5, 0.6) is 17.2 Å². The molecule has 0 amide bonds. The largest absolute Gasteiger partial charge is 0.496 e. The Morgan fingerprint density at radius 3 is 2.29 bits per heavy atom. The highest BCUT2D eigenvalue weighted by molar-refractivity contribution is 9.10. The molecule has 1 aliphatic carbocycles. The monoisotopic (exact) mass is 524 g/mol. The van der Waals surface area contributed by atoms with Crippen LogP contribution in [-0.4, -0.2) is 36.2 Å². The number of carbonyl (C=O) groups excluding carboxylic acids is 1. The minimum absolute atomic E-state index is 0.0911. The lowest BCUT2D eigenvalue weighted by molar-refractivity contribution is -0.154. The molecule has 174 valence electrons. The lowest BCUT2D eigenvalue weighted by Gasteiger charge is -2.39. The molecule has 2 aliphatic rings. The number of rotatable bonds is 5. The lowest BCUT2D eigenvalue weighted by atomic mass is 9.70. The van der Waals surface area contributed by atoms with Gasteiger partial charge in [-0.3, -0.25) is 9.59 Å². The number of aliphatic hydroxyl groups is 1. The second-order valence-electron chi connectivity index (χ2n) is 8.33. The van der Waals surface area contributed by atoms with Crippen LogP contribution in [0.1, 0.15) is 22.6 Å². The van der Waals surface area contributed by atoms with E-state index in [1.54, 1.807) is 60.7 Å². The van der Waals surface area contributed by atoms with Gasteiger partial charge in [-0.25, -0.2) is 0 Å². The number of carboxylic acid groups (broad SMARTS) is 1. The van der Waals surface area contributed by atoms with E-state index in [1.165, 1.54) is 20.3 Å². The van der Waals surface area contributed by atoms with Crippen LogP contribution in [0.15, 0.2) is 71.2 Å². The molecule has 8 heteroatoms. The third kappa shape index (κ3) is 2.78. The third-order valence-corrected chi connectivity index (χ3v) is 7.30. The molecule has 0 saturated heterocycles. The molecule has 7 nitrogen and oxygen atoms in total. The Labute approximate surface area is 204 Å². The Bertz CT molecular complexity index is 1290. The van der Waals surface area contributed by atoms with E-state index in [1.807, 2.05) is 0 Å². The molecule has 4 atom stereocenters. The smallest absolute Gasteiger partial charge is 0.314 e. The van der Waals surface area contributed by atoms with Gasteiger partial charge in [-0.05, 0) is 23.3 Å². The highest BCUT2D eigenvalue weighted by Crippen LogP contribution is 2.68. The molecule has 0 aromatic heterocycles. The average Bonchev–Trinajstić information content (AvgIpc) is 3.22. The lowest BCUT2D eigenvalue weighted by Crippen LogP contribution is -2.50. The zero-order valence-corrected chi connectivity index (χ0v) is 19.9. The number of aliphatic carboxylic acids is 1. The molecular formula is C26H21BrO7. The van der Waals surface area contributed by atoms with Gasteiger partial charge in [-0.2, -0.15) is 0 Å². The van der Waals surface area contributed by atoms with Crippen LogP contribution >= 0.6 is 15.9 Å². The van der Waals surface area contributed by atoms with Crippen molar-refractivity contribution in [2.45, 2.75) is 17.1 Å². The van der Waals surface area contributed by atoms with Crippen LogP contribution in [-0.2, 0) is 20.8 Å². The van der Waals surface area contributed by atoms with Gasteiger partial charge in [-0.1, -0.05) is 58.4 Å². The number of benzene rings is 3. The van der Waals surface area contributed by atoms with Gasteiger partial charge in [0.1, 0.15) is 23.2 Å². The van der Waals surface area contributed by atoms with Gasteiger partial charge in [0.25, 0.3) is 0 Å². The van der Waals surface area contributed by atoms with Gasteiger partial charge < -0.3 is 24.4 Å². The molecule has 3 aromatic rings. The van der Waals surface area contributed by atoms with Crippen molar-refractivity contribution >= 4 is 27.7 Å². The highest BCUT2D eigenvalue weighted by Gasteiger charge is 2.78. The van der Waals surface area contributed by atoms with Crippen LogP contribution in [0.4, 0.5) is 0 Å². The maximum Gasteiger partial charge on any atom is 0.314 e. The van der Waals surface area contributed by atoms with Gasteiger partial charge in [0.05, 0.1) is 25.7 Å². The molecule has 34 heavy (non-hydrogen) atoms. The van der Waals surface area contributed by atoms with Crippen molar-refractivity contribution in [3.05, 3.63) is 87.9 Å². The fraction of sp³-hybridized carbons (Fsp3) is 0.231. The quantitative estimate of drug-likeness (QED) is 0.486. The minimum atomic E-state index is -2.34. The number of ether oxygens (including phenoxy) is 3. The number of ketones is 1. The molecule has 5 rings (SSSR count). The van der Waals surface area contributed by atoms with Gasteiger partial charge >= 0.3 is 5.97 Å². The summed E-state index contributed by atoms with van der Waals surface area (Å²) >= 11 is 3.41. The van der Waals surface area contributed by atoms with E-state index in [0.717, 1.165) is 4.47 Å². The fourth-order valence-electron chi connectivity index (χ4n) is 5.41. The first-order valence-corrected chi connectivity index (χ1v) is 11.3. The van der Waals surface area contributed by atoms with E-state index in [-0.39, 0.29) is 17.1 Å². The van der Waals surface area contributed by atoms with Crippen LogP contribution in [0.3, 0.4) is 0 Å². The highest BCUT2D eigenvalue weighted by atomic mass is 79.9. The second-order valence-corrected chi connectivity index (χ2v) is 9.24. The molecule has 1 saturated carbocycles. The van der Waals surface area contributed by atoms with E-state index in [2.05, 4.69) is 15.9 Å². The summed E-state index contributed by atoms with van der Waals surface area (Å²) in [5, 5.41) is 22.6. The van der Waals surface area contributed by atoms with E-state index < -0.39 is 34.8 Å². The molecule has 0 bridgehead atoms. The Balaban J connectivity index is 1.90. The molecule has 1 aliphatic heterocycles. The number of hydrogen-bond donors (Lipinski definition) is 2. The molecule has 4 unspecified atom stereocenters. The van der Waals surface area contributed by atoms with Crippen LogP contribution in [0, 0.1) is 5.92 Å². The average molecular weight is 525 g/mol. The number of methoxy groups -OCH3 is 2. The SMILES string of the molecule is COc1cc(OC)c2c(c1)OC1(c3ccc(Br)cc3)C(c3ccccc3)C(C(=O)O)C(=O)C21O. The zero-order chi connectivity index (χ0) is 24.3. The van der Waals surface area contributed by atoms with Crippen molar-refractivity contribution in [2.24, 2.45) is 5.92 Å². The first kappa shape index (κ1) is 22.4. The van der Waals surface area contributed by atoms with Gasteiger partial charge in [0.15, 0.2) is 11.4 Å². The maximum atomic E-state index is 14.0. The van der Waals surface area contributed by atoms with Crippen molar-refractivity contribution in [2.75, 3.05) is 14.2 Å². The molecular weight excluding hydrogens is 504 g/mol. The standard InChI is InChI=1S/C26H21BrO7/c1-32-17-12-18(33-2)22-19(13-17)34-26(15-8-10-16(27)11-9-15)21(14-6-4-3-5-7-14)20(24(29)30)23(28)25(22,26)31/h3-13,20-21,31H,1-2H3,(H,29,30). The van der Waals surface area contributed by atoms with Crippen LogP contribution < -0.4 is 14.2 Å². The third-order valence-electron chi connectivity index (χ3n) is 6.77. The first-order chi connectivity index (χ1) is 16.3. The summed E-state index contributed by atoms with van der Waals surface area (Å²) in [6.07, 6.45) is 0. The number of fused-ring (bicyclic) bond motifs is 3. The van der Waals surface area contributed by atoms with Crippen LogP contribution in [0.2, 0.25) is 0 Å². The summed E-state index contributed by atoms with van der Waals surface area (Å²) in [4.78, 5) is 26.5. The maximum absolute atomic E-state index is 14.0. The Morgan fingerprint density at radius 1 is 1.03 bits per heavy atom. The topological polar surface area (TPSA) is 102 Å². The van der Waals surface area contributed by atoms with E-state index in [0.29, 0.717) is 16.9 Å². The molecule has 1 fully saturated rings. The van der Waals surface area contributed by atoms with Crippen molar-refractivity contribution in [1.82, 2.24) is 0 Å². The minimum Gasteiger partial charge on any atom is -0.496 e. The van der Waals surface area contributed by atoms with Crippen molar-refractivity contribution in [3.63, 3.8) is 0 Å². The van der Waals surface area contributed by atoms with Crippen molar-refractivity contribution < 1.29 is 34.0 Å². The molecule has 2 N–H and O–H groups in total. The van der Waals surface area contributed by atoms with Crippen molar-refractivity contribution in [3.8, 4) is 17.2 Å². The number of Topliss-reactive ketones (excluding diaryl/α,β-unsaturated/α-hetero) is 1. The fourth-order valence-corrected chi connectivity index (χ4v) is 5.67. The van der Waals surface area contributed by atoms with E-state index >= 15 is 0 Å². The Hall–Kier alpha value is -3.36. The molecule has 1 heterocycles. The predicted octanol–water partition coefficient (Wildman–Crippen LogP) is 4.01. The Morgan fingerprint density at radius 2 is 1.71 bits per heavy atom. The summed E-state index contributed by atoms with van der Waals surface area (Å²) in [7, 11) is 2.88. The summed E-state index contributed by atoms with van der Waals surface area (Å²) in [5.74, 6) is -4.02. The van der Waals surface area contributed by atoms with E-state index in [9.17, 15) is 19.8 Å². The van der Waals surface area contributed by atoms with Gasteiger partial charge in [-0.15, -0.1) is 0 Å². The summed E-state index contributed by atoms with van der Waals surface area (Å²) in [6, 6.07) is 18.9. The van der Waals surface area contributed by atoms with Crippen molar-refractivity contribution in [1.29, 1.82) is 0 Å². The number of hydrogen-bond acceptors (Lipinski definition) is 6. The molecule has 3 aromatic carbocycles. The van der Waals surface area contributed by atoms with Gasteiger partial charge in [0.2, 0.25) is 5.60 Å². The zero-order valence-electron chi connectivity index (χ0n) is 18.3. The van der Waals surface area contributed by atoms with Crippen LogP contribution in [0.25, 0.3) is 0 Å². The van der Waals surface area contributed by atoms with E-state index in [4.69, 9.17) is 14.2 Å². The number of carbonyl (C=O) groups is 2. The molecule has 0 radical (unpaired) electrons. The summed E-state index contributed by atoms with van der Waals surface area (Å²) in [5.41, 5.74) is -3.00. The normalized spacial score (nSPS) is 27.0. The first-order valence-electron chi connectivity index (χ1n) is 10.6. The number of carboxylic acids is 1. The number of halogens is 1.